The quantitative estimate of drug-likeness (QED) is 0.818. The number of aliphatic hydroxyl groups excluding tert-OH is 1. The molecular weight excluding hydrogens is 316 g/mol. The first kappa shape index (κ1) is 18.2. The molecule has 0 bridgehead atoms. The number of benzene rings is 2. The lowest BCUT2D eigenvalue weighted by Gasteiger charge is -2.04. The number of likely N-dealkylation sites (N-methyl/N-ethyl adjacent to an activating group) is 1. The molecular formula is C20H20N2O3. The Kier molecular flexibility index (Phi) is 5.93. The highest BCUT2D eigenvalue weighted by atomic mass is 16.3. The van der Waals surface area contributed by atoms with Gasteiger partial charge in [0.05, 0.1) is 0 Å². The van der Waals surface area contributed by atoms with Crippen molar-refractivity contribution in [1.29, 1.82) is 0 Å². The molecule has 1 atom stereocenters. The van der Waals surface area contributed by atoms with Crippen LogP contribution in [0.25, 0.3) is 11.1 Å². The maximum Gasteiger partial charge on any atom is 0.251 e. The lowest BCUT2D eigenvalue weighted by molar-refractivity contribution is -0.133. The van der Waals surface area contributed by atoms with Gasteiger partial charge in [-0.2, -0.15) is 0 Å². The van der Waals surface area contributed by atoms with Crippen molar-refractivity contribution in [3.8, 4) is 23.5 Å². The SMILES string of the molecule is C#Cc1cccc(-c2cccc(C(N)=O)c2)c1.CN1CC[C@H](O)C1=O. The minimum Gasteiger partial charge on any atom is -0.383 e. The van der Waals surface area contributed by atoms with Gasteiger partial charge < -0.3 is 15.7 Å². The van der Waals surface area contributed by atoms with Crippen LogP contribution in [0.1, 0.15) is 22.3 Å². The number of nitrogens with two attached hydrogens (primary N) is 1. The van der Waals surface area contributed by atoms with E-state index in [4.69, 9.17) is 17.3 Å². The number of terminal acetylenes is 1. The van der Waals surface area contributed by atoms with Crippen LogP contribution in [0.5, 0.6) is 0 Å². The molecule has 128 valence electrons. The van der Waals surface area contributed by atoms with Gasteiger partial charge in [-0.25, -0.2) is 0 Å². The Balaban J connectivity index is 0.000000236. The van der Waals surface area contributed by atoms with E-state index in [1.54, 1.807) is 25.2 Å². The number of nitrogens with zero attached hydrogens (tertiary/aromatic N) is 1. The highest BCUT2D eigenvalue weighted by molar-refractivity contribution is 5.94. The Bertz CT molecular complexity index is 812. The van der Waals surface area contributed by atoms with Crippen LogP contribution in [0, 0.1) is 12.3 Å². The standard InChI is InChI=1S/C15H11NO.C5H9NO2/c1-2-11-5-3-6-12(9-11)13-7-4-8-14(10-13)15(16)17;1-6-3-2-4(7)5(6)8/h1,3-10H,(H2,16,17);4,7H,2-3H2,1H3/t;4-/m.0/s1. The highest BCUT2D eigenvalue weighted by Gasteiger charge is 2.25. The van der Waals surface area contributed by atoms with Crippen LogP contribution in [0.4, 0.5) is 0 Å². The summed E-state index contributed by atoms with van der Waals surface area (Å²) in [5.74, 6) is 2.00. The zero-order chi connectivity index (χ0) is 18.4. The maximum atomic E-state index is 11.1. The van der Waals surface area contributed by atoms with Crippen molar-refractivity contribution < 1.29 is 14.7 Å². The molecule has 0 spiro atoms. The van der Waals surface area contributed by atoms with E-state index in [1.807, 2.05) is 30.3 Å². The fraction of sp³-hybridized carbons (Fsp3) is 0.200. The number of hydrogen-bond acceptors (Lipinski definition) is 3. The molecule has 0 unspecified atom stereocenters. The number of likely N-dealkylation sites (tertiary alicyclic amines) is 1. The van der Waals surface area contributed by atoms with Gasteiger partial charge in [0.25, 0.3) is 5.91 Å². The number of amides is 2. The van der Waals surface area contributed by atoms with Gasteiger partial charge in [0, 0.05) is 24.7 Å². The van der Waals surface area contributed by atoms with Crippen LogP contribution in [0.3, 0.4) is 0 Å². The van der Waals surface area contributed by atoms with E-state index in [0.29, 0.717) is 18.5 Å². The number of carbonyl (C=O) groups is 2. The zero-order valence-corrected chi connectivity index (χ0v) is 14.0. The molecule has 2 aromatic rings. The maximum absolute atomic E-state index is 11.1. The number of aliphatic hydroxyl groups is 1. The van der Waals surface area contributed by atoms with Crippen LogP contribution in [0.2, 0.25) is 0 Å². The third-order valence-electron chi connectivity index (χ3n) is 3.91. The van der Waals surface area contributed by atoms with Crippen LogP contribution >= 0.6 is 0 Å². The van der Waals surface area contributed by atoms with Gasteiger partial charge in [0.15, 0.2) is 0 Å². The van der Waals surface area contributed by atoms with Gasteiger partial charge in [-0.15, -0.1) is 6.42 Å². The molecule has 0 aliphatic carbocycles. The molecule has 3 rings (SSSR count). The normalized spacial score (nSPS) is 16.0. The van der Waals surface area contributed by atoms with Crippen molar-refractivity contribution in [1.82, 2.24) is 4.90 Å². The lowest BCUT2D eigenvalue weighted by Crippen LogP contribution is -2.24. The molecule has 5 nitrogen and oxygen atoms in total. The van der Waals surface area contributed by atoms with Crippen molar-refractivity contribution in [3.63, 3.8) is 0 Å². The van der Waals surface area contributed by atoms with Gasteiger partial charge >= 0.3 is 0 Å². The van der Waals surface area contributed by atoms with Crippen molar-refractivity contribution in [3.05, 3.63) is 59.7 Å². The average molecular weight is 336 g/mol. The van der Waals surface area contributed by atoms with Crippen LogP contribution in [-0.2, 0) is 4.79 Å². The van der Waals surface area contributed by atoms with Crippen LogP contribution < -0.4 is 5.73 Å². The Morgan fingerprint density at radius 3 is 2.36 bits per heavy atom. The second-order valence-electron chi connectivity index (χ2n) is 5.73. The van der Waals surface area contributed by atoms with Gasteiger partial charge in [0.1, 0.15) is 6.10 Å². The molecule has 1 heterocycles. The first-order chi connectivity index (χ1) is 11.9. The summed E-state index contributed by atoms with van der Waals surface area (Å²) >= 11 is 0. The highest BCUT2D eigenvalue weighted by Crippen LogP contribution is 2.21. The molecule has 1 fully saturated rings. The smallest absolute Gasteiger partial charge is 0.251 e. The van der Waals surface area contributed by atoms with E-state index >= 15 is 0 Å². The first-order valence-electron chi connectivity index (χ1n) is 7.82. The number of primary amides is 1. The topological polar surface area (TPSA) is 83.6 Å². The Hall–Kier alpha value is -3.10. The molecule has 1 saturated heterocycles. The summed E-state index contributed by atoms with van der Waals surface area (Å²) in [5, 5.41) is 8.78. The van der Waals surface area contributed by atoms with Crippen molar-refractivity contribution in [2.24, 2.45) is 5.73 Å². The summed E-state index contributed by atoms with van der Waals surface area (Å²) in [6.07, 6.45) is 5.22. The summed E-state index contributed by atoms with van der Waals surface area (Å²) in [6.45, 7) is 0.694. The first-order valence-corrected chi connectivity index (χ1v) is 7.82. The van der Waals surface area contributed by atoms with E-state index in [2.05, 4.69) is 5.92 Å². The second kappa shape index (κ2) is 8.13. The second-order valence-corrected chi connectivity index (χ2v) is 5.73. The predicted molar refractivity (Wildman–Crippen MR) is 96.6 cm³/mol. The van der Waals surface area contributed by atoms with Crippen LogP contribution in [-0.4, -0.2) is 41.5 Å². The molecule has 0 radical (unpaired) electrons. The van der Waals surface area contributed by atoms with E-state index in [1.165, 1.54) is 4.90 Å². The van der Waals surface area contributed by atoms with Gasteiger partial charge in [-0.1, -0.05) is 30.2 Å². The summed E-state index contributed by atoms with van der Waals surface area (Å²) < 4.78 is 0. The van der Waals surface area contributed by atoms with Crippen LogP contribution in [0.15, 0.2) is 48.5 Å². The Morgan fingerprint density at radius 2 is 1.88 bits per heavy atom. The molecule has 25 heavy (non-hydrogen) atoms. The molecule has 2 aromatic carbocycles. The van der Waals surface area contributed by atoms with E-state index in [9.17, 15) is 9.59 Å². The molecule has 5 heteroatoms. The summed E-state index contributed by atoms with van der Waals surface area (Å²) in [4.78, 5) is 23.2. The monoisotopic (exact) mass is 336 g/mol. The zero-order valence-electron chi connectivity index (χ0n) is 14.0. The molecule has 0 aromatic heterocycles. The van der Waals surface area contributed by atoms with Crippen molar-refractivity contribution in [2.45, 2.75) is 12.5 Å². The van der Waals surface area contributed by atoms with E-state index in [-0.39, 0.29) is 5.91 Å². The molecule has 0 saturated carbocycles. The van der Waals surface area contributed by atoms with Crippen molar-refractivity contribution in [2.75, 3.05) is 13.6 Å². The van der Waals surface area contributed by atoms with Gasteiger partial charge in [-0.3, -0.25) is 9.59 Å². The van der Waals surface area contributed by atoms with E-state index in [0.717, 1.165) is 16.7 Å². The van der Waals surface area contributed by atoms with E-state index < -0.39 is 12.0 Å². The average Bonchev–Trinajstić information content (AvgIpc) is 2.93. The molecule has 1 aliphatic heterocycles. The molecule has 2 amide bonds. The molecule has 3 N–H and O–H groups in total. The van der Waals surface area contributed by atoms with Gasteiger partial charge in [-0.05, 0) is 41.8 Å². The fourth-order valence-electron chi connectivity index (χ4n) is 2.44. The predicted octanol–water partition coefficient (Wildman–Crippen LogP) is 1.64. The summed E-state index contributed by atoms with van der Waals surface area (Å²) in [7, 11) is 1.69. The minimum atomic E-state index is -0.722. The number of hydrogen-bond donors (Lipinski definition) is 2. The summed E-state index contributed by atoms with van der Waals surface area (Å²) in [6, 6.07) is 14.8. The minimum absolute atomic E-state index is 0.148. The Labute approximate surface area is 147 Å². The van der Waals surface area contributed by atoms with Gasteiger partial charge in [0.2, 0.25) is 5.91 Å². The lowest BCUT2D eigenvalue weighted by atomic mass is 10.0. The third-order valence-corrected chi connectivity index (χ3v) is 3.91. The number of carbonyl (C=O) groups excluding carboxylic acids is 2. The third kappa shape index (κ3) is 4.69. The largest absolute Gasteiger partial charge is 0.383 e. The van der Waals surface area contributed by atoms with Crippen molar-refractivity contribution >= 4 is 11.8 Å². The molecule has 1 aliphatic rings. The summed E-state index contributed by atoms with van der Waals surface area (Å²) in [5.41, 5.74) is 8.46. The number of rotatable bonds is 2. The Morgan fingerprint density at radius 1 is 1.24 bits per heavy atom. The fourth-order valence-corrected chi connectivity index (χ4v) is 2.44.